The van der Waals surface area contributed by atoms with Gasteiger partial charge in [-0.05, 0) is 67.6 Å². The maximum Gasteiger partial charge on any atom is 0.0737 e. The number of hydrogen-bond donors (Lipinski definition) is 1. The second kappa shape index (κ2) is 8.05. The third-order valence-electron chi connectivity index (χ3n) is 5.42. The number of fused-ring (bicyclic) bond motifs is 1. The number of anilines is 1. The predicted octanol–water partition coefficient (Wildman–Crippen LogP) is 5.82. The Hall–Kier alpha value is -1.81. The van der Waals surface area contributed by atoms with E-state index in [9.17, 15) is 0 Å². The molecule has 0 spiro atoms. The largest absolute Gasteiger partial charge is 0.364 e. The third-order valence-corrected chi connectivity index (χ3v) is 5.89. The van der Waals surface area contributed by atoms with Gasteiger partial charge in [0.05, 0.1) is 5.52 Å². The molecule has 0 unspecified atom stereocenters. The van der Waals surface area contributed by atoms with E-state index in [1.165, 1.54) is 11.3 Å². The number of aromatic nitrogens is 1. The van der Waals surface area contributed by atoms with Crippen LogP contribution in [0.15, 0.2) is 54.7 Å². The Labute approximate surface area is 170 Å². The first-order chi connectivity index (χ1) is 13.1. The predicted molar refractivity (Wildman–Crippen MR) is 115 cm³/mol. The molecule has 2 N–H and O–H groups in total. The van der Waals surface area contributed by atoms with Gasteiger partial charge in [0.2, 0.25) is 0 Å². The molecule has 0 bridgehead atoms. The number of nitrogens with zero attached hydrogens (tertiary/aromatic N) is 2. The van der Waals surface area contributed by atoms with Gasteiger partial charge < -0.3 is 10.6 Å². The Morgan fingerprint density at radius 3 is 2.52 bits per heavy atom. The molecule has 5 heteroatoms. The summed E-state index contributed by atoms with van der Waals surface area (Å²) in [7, 11) is 0. The van der Waals surface area contributed by atoms with Crippen LogP contribution in [0.4, 0.5) is 5.69 Å². The van der Waals surface area contributed by atoms with Crippen molar-refractivity contribution < 1.29 is 0 Å². The average molecular weight is 400 g/mol. The Kier molecular flexibility index (Phi) is 5.53. The van der Waals surface area contributed by atoms with Gasteiger partial charge in [-0.1, -0.05) is 35.3 Å². The maximum absolute atomic E-state index is 6.23. The van der Waals surface area contributed by atoms with Crippen LogP contribution in [-0.2, 0) is 6.54 Å². The summed E-state index contributed by atoms with van der Waals surface area (Å²) in [6, 6.07) is 16.9. The van der Waals surface area contributed by atoms with Crippen LogP contribution in [0.3, 0.4) is 0 Å². The van der Waals surface area contributed by atoms with Crippen LogP contribution in [0.1, 0.15) is 31.2 Å². The van der Waals surface area contributed by atoms with Crippen molar-refractivity contribution >= 4 is 39.8 Å². The summed E-state index contributed by atoms with van der Waals surface area (Å²) < 4.78 is 0. The van der Waals surface area contributed by atoms with Crippen LogP contribution in [0.25, 0.3) is 10.9 Å². The molecule has 1 aromatic heterocycles. The molecule has 4 rings (SSSR count). The van der Waals surface area contributed by atoms with E-state index in [-0.39, 0.29) is 0 Å². The highest BCUT2D eigenvalue weighted by atomic mass is 35.5. The number of rotatable bonds is 4. The quantitative estimate of drug-likeness (QED) is 0.600. The Morgan fingerprint density at radius 2 is 1.74 bits per heavy atom. The number of benzene rings is 2. The van der Waals surface area contributed by atoms with Gasteiger partial charge in [0.1, 0.15) is 0 Å². The second-order valence-corrected chi connectivity index (χ2v) is 8.19. The molecule has 3 aromatic rings. The molecule has 0 saturated heterocycles. The van der Waals surface area contributed by atoms with Gasteiger partial charge in [0.15, 0.2) is 0 Å². The minimum absolute atomic E-state index is 0.322. The lowest BCUT2D eigenvalue weighted by Gasteiger charge is -2.38. The molecular formula is C22H23Cl2N3. The van der Waals surface area contributed by atoms with Crippen LogP contribution in [0.2, 0.25) is 10.0 Å². The smallest absolute Gasteiger partial charge is 0.0737 e. The van der Waals surface area contributed by atoms with Crippen molar-refractivity contribution in [3.05, 3.63) is 70.3 Å². The van der Waals surface area contributed by atoms with Crippen LogP contribution < -0.4 is 10.6 Å². The fraction of sp³-hybridized carbons (Fsp3) is 0.318. The van der Waals surface area contributed by atoms with Crippen molar-refractivity contribution in [2.45, 2.75) is 44.3 Å². The number of hydrogen-bond acceptors (Lipinski definition) is 3. The Morgan fingerprint density at radius 1 is 0.963 bits per heavy atom. The van der Waals surface area contributed by atoms with Crippen LogP contribution in [0.5, 0.6) is 0 Å². The normalized spacial score (nSPS) is 20.0. The lowest BCUT2D eigenvalue weighted by Crippen LogP contribution is -2.40. The zero-order valence-corrected chi connectivity index (χ0v) is 16.6. The summed E-state index contributed by atoms with van der Waals surface area (Å²) >= 11 is 12.4. The molecule has 0 radical (unpaired) electrons. The summed E-state index contributed by atoms with van der Waals surface area (Å²) in [6.07, 6.45) is 6.18. The summed E-state index contributed by atoms with van der Waals surface area (Å²) in [5, 5.41) is 2.60. The van der Waals surface area contributed by atoms with Gasteiger partial charge in [-0.25, -0.2) is 0 Å². The summed E-state index contributed by atoms with van der Waals surface area (Å²) in [5.74, 6) is 0. The van der Waals surface area contributed by atoms with Gasteiger partial charge in [0.25, 0.3) is 0 Å². The zero-order valence-electron chi connectivity index (χ0n) is 15.1. The van der Waals surface area contributed by atoms with Crippen LogP contribution in [0, 0.1) is 0 Å². The van der Waals surface area contributed by atoms with Crippen molar-refractivity contribution in [3.63, 3.8) is 0 Å². The fourth-order valence-corrected chi connectivity index (χ4v) is 4.39. The highest BCUT2D eigenvalue weighted by Gasteiger charge is 2.26. The first-order valence-corrected chi connectivity index (χ1v) is 10.2. The van der Waals surface area contributed by atoms with E-state index in [4.69, 9.17) is 28.9 Å². The number of nitrogens with two attached hydrogens (primary N) is 1. The minimum Gasteiger partial charge on any atom is -0.364 e. The average Bonchev–Trinajstić information content (AvgIpc) is 2.66. The van der Waals surface area contributed by atoms with Crippen molar-refractivity contribution in [1.29, 1.82) is 0 Å². The van der Waals surface area contributed by atoms with Crippen LogP contribution >= 0.6 is 23.2 Å². The Balaban J connectivity index is 1.75. The third kappa shape index (κ3) is 4.21. The van der Waals surface area contributed by atoms with E-state index in [2.05, 4.69) is 28.1 Å². The molecule has 1 aliphatic carbocycles. The number of halogens is 2. The lowest BCUT2D eigenvalue weighted by molar-refractivity contribution is 0.375. The van der Waals surface area contributed by atoms with Crippen molar-refractivity contribution in [2.75, 3.05) is 4.90 Å². The molecular weight excluding hydrogens is 377 g/mol. The monoisotopic (exact) mass is 399 g/mol. The fourth-order valence-electron chi connectivity index (χ4n) is 4.01. The molecule has 0 atom stereocenters. The molecule has 1 saturated carbocycles. The summed E-state index contributed by atoms with van der Waals surface area (Å²) in [6.45, 7) is 0.808. The molecule has 0 aliphatic heterocycles. The van der Waals surface area contributed by atoms with Gasteiger partial charge in [-0.2, -0.15) is 0 Å². The lowest BCUT2D eigenvalue weighted by atomic mass is 9.90. The standard InChI is InChI=1S/C22H23Cl2N3/c23-16-3-1-2-15(12-16)14-27(19-7-5-18(25)6-8-19)22-10-11-26-21-13-17(24)4-9-20(21)22/h1-4,9-13,18-19H,5-8,14,25H2/t18-,19+. The zero-order chi connectivity index (χ0) is 18.8. The maximum atomic E-state index is 6.23. The molecule has 1 fully saturated rings. The number of pyridine rings is 1. The van der Waals surface area contributed by atoms with E-state index in [0.717, 1.165) is 48.2 Å². The van der Waals surface area contributed by atoms with Crippen molar-refractivity contribution in [3.8, 4) is 0 Å². The molecule has 1 heterocycles. The van der Waals surface area contributed by atoms with Gasteiger partial charge in [0, 0.05) is 45.9 Å². The van der Waals surface area contributed by atoms with Crippen molar-refractivity contribution in [2.24, 2.45) is 5.73 Å². The second-order valence-electron chi connectivity index (χ2n) is 7.32. The molecule has 1 aliphatic rings. The highest BCUT2D eigenvalue weighted by molar-refractivity contribution is 6.31. The van der Waals surface area contributed by atoms with E-state index >= 15 is 0 Å². The minimum atomic E-state index is 0.322. The summed E-state index contributed by atoms with van der Waals surface area (Å²) in [4.78, 5) is 7.01. The van der Waals surface area contributed by atoms with E-state index in [1.807, 2.05) is 36.5 Å². The first-order valence-electron chi connectivity index (χ1n) is 9.41. The molecule has 3 nitrogen and oxygen atoms in total. The van der Waals surface area contributed by atoms with Gasteiger partial charge in [-0.3, -0.25) is 4.98 Å². The first kappa shape index (κ1) is 18.5. The van der Waals surface area contributed by atoms with E-state index < -0.39 is 0 Å². The van der Waals surface area contributed by atoms with Gasteiger partial charge in [-0.15, -0.1) is 0 Å². The highest BCUT2D eigenvalue weighted by Crippen LogP contribution is 2.34. The topological polar surface area (TPSA) is 42.1 Å². The molecule has 27 heavy (non-hydrogen) atoms. The van der Waals surface area contributed by atoms with E-state index in [0.29, 0.717) is 17.1 Å². The molecule has 0 amide bonds. The SMILES string of the molecule is N[C@H]1CC[C@@H](N(Cc2cccc(Cl)c2)c2ccnc3cc(Cl)ccc23)CC1. The summed E-state index contributed by atoms with van der Waals surface area (Å²) in [5.41, 5.74) is 9.47. The Bertz CT molecular complexity index is 936. The van der Waals surface area contributed by atoms with Gasteiger partial charge >= 0.3 is 0 Å². The molecule has 2 aromatic carbocycles. The van der Waals surface area contributed by atoms with Crippen molar-refractivity contribution in [1.82, 2.24) is 4.98 Å². The van der Waals surface area contributed by atoms with Crippen LogP contribution in [-0.4, -0.2) is 17.1 Å². The van der Waals surface area contributed by atoms with E-state index in [1.54, 1.807) is 0 Å². The molecule has 140 valence electrons.